The van der Waals surface area contributed by atoms with Crippen molar-refractivity contribution in [2.75, 3.05) is 19.0 Å². The third kappa shape index (κ3) is 1.76. The van der Waals surface area contributed by atoms with Crippen LogP contribution >= 0.6 is 0 Å². The number of ether oxygens (including phenoxy) is 1. The minimum Gasteiger partial charge on any atom is -0.465 e. The first-order valence-electron chi connectivity index (χ1n) is 5.35. The highest BCUT2D eigenvalue weighted by Gasteiger charge is 2.24. The highest BCUT2D eigenvalue weighted by atomic mass is 16.5. The van der Waals surface area contributed by atoms with Crippen LogP contribution < -0.4 is 11.1 Å². The SMILES string of the molecule is COC(=O)c1ccc2c(c1)C(N)[C@H](C)CN2. The zero-order valence-electron chi connectivity index (χ0n) is 9.49. The van der Waals surface area contributed by atoms with E-state index in [0.29, 0.717) is 11.5 Å². The van der Waals surface area contributed by atoms with Gasteiger partial charge in [0.25, 0.3) is 0 Å². The van der Waals surface area contributed by atoms with Crippen molar-refractivity contribution in [2.45, 2.75) is 13.0 Å². The number of fused-ring (bicyclic) bond motifs is 1. The number of methoxy groups -OCH3 is 1. The summed E-state index contributed by atoms with van der Waals surface area (Å²) in [6.07, 6.45) is 0. The van der Waals surface area contributed by atoms with Gasteiger partial charge in [-0.25, -0.2) is 4.79 Å². The molecule has 4 heteroatoms. The molecule has 4 nitrogen and oxygen atoms in total. The van der Waals surface area contributed by atoms with Crippen LogP contribution in [0.25, 0.3) is 0 Å². The van der Waals surface area contributed by atoms with E-state index in [0.717, 1.165) is 17.8 Å². The van der Waals surface area contributed by atoms with E-state index < -0.39 is 0 Å². The average molecular weight is 220 g/mol. The van der Waals surface area contributed by atoms with Crippen LogP contribution in [0.4, 0.5) is 5.69 Å². The number of anilines is 1. The lowest BCUT2D eigenvalue weighted by Crippen LogP contribution is -2.31. The summed E-state index contributed by atoms with van der Waals surface area (Å²) in [5.41, 5.74) is 8.66. The quantitative estimate of drug-likeness (QED) is 0.704. The molecule has 16 heavy (non-hydrogen) atoms. The number of rotatable bonds is 1. The van der Waals surface area contributed by atoms with Gasteiger partial charge in [0.15, 0.2) is 0 Å². The molecule has 0 fully saturated rings. The lowest BCUT2D eigenvalue weighted by atomic mass is 9.89. The van der Waals surface area contributed by atoms with Gasteiger partial charge in [0.2, 0.25) is 0 Å². The Labute approximate surface area is 94.8 Å². The van der Waals surface area contributed by atoms with Crippen molar-refractivity contribution in [2.24, 2.45) is 11.7 Å². The van der Waals surface area contributed by atoms with E-state index in [4.69, 9.17) is 5.73 Å². The standard InChI is InChI=1S/C12H16N2O2/c1-7-6-14-10-4-3-8(12(15)16-2)5-9(10)11(7)13/h3-5,7,11,14H,6,13H2,1-2H3/t7-,11?/m1/s1. The van der Waals surface area contributed by atoms with E-state index in [1.165, 1.54) is 7.11 Å². The van der Waals surface area contributed by atoms with Crippen LogP contribution in [0, 0.1) is 5.92 Å². The van der Waals surface area contributed by atoms with Gasteiger partial charge in [-0.15, -0.1) is 0 Å². The van der Waals surface area contributed by atoms with Crippen LogP contribution in [0.3, 0.4) is 0 Å². The zero-order chi connectivity index (χ0) is 11.7. The summed E-state index contributed by atoms with van der Waals surface area (Å²) >= 11 is 0. The van der Waals surface area contributed by atoms with Gasteiger partial charge >= 0.3 is 5.97 Å². The number of hydrogen-bond donors (Lipinski definition) is 2. The van der Waals surface area contributed by atoms with Crippen molar-refractivity contribution in [3.63, 3.8) is 0 Å². The maximum absolute atomic E-state index is 11.4. The lowest BCUT2D eigenvalue weighted by Gasteiger charge is -2.29. The Morgan fingerprint density at radius 3 is 3.00 bits per heavy atom. The Bertz CT molecular complexity index is 417. The first-order valence-corrected chi connectivity index (χ1v) is 5.35. The van der Waals surface area contributed by atoms with Crippen molar-refractivity contribution in [1.29, 1.82) is 0 Å². The molecule has 86 valence electrons. The smallest absolute Gasteiger partial charge is 0.337 e. The lowest BCUT2D eigenvalue weighted by molar-refractivity contribution is 0.0600. The molecule has 1 heterocycles. The molecule has 0 saturated heterocycles. The number of hydrogen-bond acceptors (Lipinski definition) is 4. The molecule has 0 spiro atoms. The summed E-state index contributed by atoms with van der Waals surface area (Å²) in [6.45, 7) is 2.96. The Hall–Kier alpha value is -1.55. The zero-order valence-corrected chi connectivity index (χ0v) is 9.49. The summed E-state index contributed by atoms with van der Waals surface area (Å²) in [7, 11) is 1.38. The second-order valence-corrected chi connectivity index (χ2v) is 4.18. The van der Waals surface area contributed by atoms with Gasteiger partial charge in [-0.3, -0.25) is 0 Å². The second kappa shape index (κ2) is 4.14. The van der Waals surface area contributed by atoms with Gasteiger partial charge in [-0.05, 0) is 29.7 Å². The predicted molar refractivity (Wildman–Crippen MR) is 62.4 cm³/mol. The molecule has 1 aromatic carbocycles. The van der Waals surface area contributed by atoms with E-state index in [9.17, 15) is 4.79 Å². The van der Waals surface area contributed by atoms with Gasteiger partial charge in [-0.2, -0.15) is 0 Å². The van der Waals surface area contributed by atoms with Crippen molar-refractivity contribution >= 4 is 11.7 Å². The molecule has 2 rings (SSSR count). The average Bonchev–Trinajstić information content (AvgIpc) is 2.32. The Morgan fingerprint density at radius 2 is 2.31 bits per heavy atom. The van der Waals surface area contributed by atoms with Crippen molar-refractivity contribution in [3.05, 3.63) is 29.3 Å². The minimum atomic E-state index is -0.326. The largest absolute Gasteiger partial charge is 0.465 e. The minimum absolute atomic E-state index is 0.0270. The van der Waals surface area contributed by atoms with Gasteiger partial charge in [0, 0.05) is 18.3 Å². The maximum atomic E-state index is 11.4. The summed E-state index contributed by atoms with van der Waals surface area (Å²) < 4.78 is 4.69. The first-order chi connectivity index (χ1) is 7.63. The van der Waals surface area contributed by atoms with E-state index in [-0.39, 0.29) is 12.0 Å². The molecule has 2 atom stereocenters. The Kier molecular flexibility index (Phi) is 2.83. The molecular weight excluding hydrogens is 204 g/mol. The van der Waals surface area contributed by atoms with Crippen molar-refractivity contribution < 1.29 is 9.53 Å². The van der Waals surface area contributed by atoms with E-state index >= 15 is 0 Å². The maximum Gasteiger partial charge on any atom is 0.337 e. The van der Waals surface area contributed by atoms with Crippen LogP contribution in [-0.4, -0.2) is 19.6 Å². The fraction of sp³-hybridized carbons (Fsp3) is 0.417. The third-order valence-corrected chi connectivity index (χ3v) is 3.06. The summed E-state index contributed by atoms with van der Waals surface area (Å²) in [5, 5.41) is 3.29. The fourth-order valence-electron chi connectivity index (χ4n) is 1.95. The molecule has 1 aromatic rings. The monoisotopic (exact) mass is 220 g/mol. The van der Waals surface area contributed by atoms with Crippen LogP contribution in [0.2, 0.25) is 0 Å². The third-order valence-electron chi connectivity index (χ3n) is 3.06. The summed E-state index contributed by atoms with van der Waals surface area (Å²) in [6, 6.07) is 5.42. The fourth-order valence-corrected chi connectivity index (χ4v) is 1.95. The molecule has 0 amide bonds. The number of nitrogens with two attached hydrogens (primary N) is 1. The van der Waals surface area contributed by atoms with E-state index in [1.54, 1.807) is 6.07 Å². The van der Waals surface area contributed by atoms with E-state index in [1.807, 2.05) is 12.1 Å². The van der Waals surface area contributed by atoms with Gasteiger partial charge in [0.1, 0.15) is 0 Å². The van der Waals surface area contributed by atoms with Crippen molar-refractivity contribution in [3.8, 4) is 0 Å². The molecule has 0 bridgehead atoms. The topological polar surface area (TPSA) is 64.3 Å². The number of carbonyl (C=O) groups excluding carboxylic acids is 1. The number of nitrogens with one attached hydrogen (secondary N) is 1. The Morgan fingerprint density at radius 1 is 1.56 bits per heavy atom. The summed E-state index contributed by atoms with van der Waals surface area (Å²) in [5.74, 6) is 0.0358. The van der Waals surface area contributed by atoms with Gasteiger partial charge in [0.05, 0.1) is 12.7 Å². The van der Waals surface area contributed by atoms with Crippen molar-refractivity contribution in [1.82, 2.24) is 0 Å². The van der Waals surface area contributed by atoms with Gasteiger partial charge < -0.3 is 15.8 Å². The molecule has 0 radical (unpaired) electrons. The highest BCUT2D eigenvalue weighted by Crippen LogP contribution is 2.32. The number of esters is 1. The molecule has 1 aliphatic heterocycles. The molecular formula is C12H16N2O2. The van der Waals surface area contributed by atoms with Crippen LogP contribution in [0.1, 0.15) is 28.9 Å². The molecule has 0 aliphatic carbocycles. The first kappa shape index (κ1) is 11.0. The number of benzene rings is 1. The van der Waals surface area contributed by atoms with E-state index in [2.05, 4.69) is 17.0 Å². The molecule has 3 N–H and O–H groups in total. The normalized spacial score (nSPS) is 23.2. The molecule has 0 aromatic heterocycles. The van der Waals surface area contributed by atoms with Crippen LogP contribution in [0.15, 0.2) is 18.2 Å². The summed E-state index contributed by atoms with van der Waals surface area (Å²) in [4.78, 5) is 11.4. The highest BCUT2D eigenvalue weighted by molar-refractivity contribution is 5.90. The van der Waals surface area contributed by atoms with Crippen LogP contribution in [-0.2, 0) is 4.74 Å². The van der Waals surface area contributed by atoms with Crippen LogP contribution in [0.5, 0.6) is 0 Å². The molecule has 1 unspecified atom stereocenters. The number of carbonyl (C=O) groups is 1. The predicted octanol–water partition coefficient (Wildman–Crippen LogP) is 1.53. The second-order valence-electron chi connectivity index (χ2n) is 4.18. The molecule has 1 aliphatic rings. The Balaban J connectivity index is 2.40. The molecule has 0 saturated carbocycles. The van der Waals surface area contributed by atoms with Gasteiger partial charge in [-0.1, -0.05) is 6.92 Å².